The first-order chi connectivity index (χ1) is 8.29. The van der Waals surface area contributed by atoms with Gasteiger partial charge < -0.3 is 10.0 Å². The van der Waals surface area contributed by atoms with Crippen LogP contribution in [0.5, 0.6) is 5.75 Å². The second kappa shape index (κ2) is 7.82. The molecular weight excluding hydrogens is 233 g/mol. The molecule has 0 aliphatic rings. The molecule has 4 heteroatoms. The van der Waals surface area contributed by atoms with E-state index in [9.17, 15) is 9.18 Å². The fraction of sp³-hybridized carbons (Fsp3) is 0.500. The average Bonchev–Trinajstić information content (AvgIpc) is 2.31. The number of hydrogen-bond acceptors (Lipinski definition) is 3. The Balaban J connectivity index is 0.000000331. The Bertz CT molecular complexity index is 370. The third kappa shape index (κ3) is 5.77. The maximum Gasteiger partial charge on any atom is 0.153 e. The molecule has 0 atom stereocenters. The first-order valence-corrected chi connectivity index (χ1v) is 5.95. The second-order valence-corrected chi connectivity index (χ2v) is 4.67. The highest BCUT2D eigenvalue weighted by Crippen LogP contribution is 2.14. The number of aldehydes is 1. The molecule has 0 aliphatic heterocycles. The Morgan fingerprint density at radius 2 is 1.72 bits per heavy atom. The van der Waals surface area contributed by atoms with Crippen molar-refractivity contribution < 1.29 is 14.3 Å². The van der Waals surface area contributed by atoms with Crippen LogP contribution in [0.2, 0.25) is 0 Å². The van der Waals surface area contributed by atoms with Crippen LogP contribution in [-0.2, 0) is 0 Å². The zero-order valence-electron chi connectivity index (χ0n) is 11.6. The molecule has 0 radical (unpaired) electrons. The van der Waals surface area contributed by atoms with Crippen LogP contribution in [0.25, 0.3) is 0 Å². The van der Waals surface area contributed by atoms with Gasteiger partial charge in [-0.2, -0.15) is 0 Å². The molecular formula is C14H22FNO2. The number of hydrogen-bond donors (Lipinski definition) is 1. The largest absolute Gasteiger partial charge is 0.507 e. The van der Waals surface area contributed by atoms with E-state index in [1.807, 2.05) is 0 Å². The topological polar surface area (TPSA) is 40.5 Å². The van der Waals surface area contributed by atoms with Gasteiger partial charge in [-0.15, -0.1) is 0 Å². The molecule has 0 saturated carbocycles. The third-order valence-electron chi connectivity index (χ3n) is 2.75. The SMILES string of the molecule is CC(C)N(C)C(C)C.O=Cc1cc(F)ccc1O. The van der Waals surface area contributed by atoms with Crippen LogP contribution in [0.1, 0.15) is 38.1 Å². The summed E-state index contributed by atoms with van der Waals surface area (Å²) >= 11 is 0. The first-order valence-electron chi connectivity index (χ1n) is 5.95. The van der Waals surface area contributed by atoms with E-state index in [4.69, 9.17) is 5.11 Å². The minimum atomic E-state index is -0.528. The molecule has 102 valence electrons. The van der Waals surface area contributed by atoms with Crippen molar-refractivity contribution in [3.63, 3.8) is 0 Å². The molecule has 0 unspecified atom stereocenters. The van der Waals surface area contributed by atoms with E-state index in [2.05, 4.69) is 39.6 Å². The molecule has 0 bridgehead atoms. The number of halogens is 1. The van der Waals surface area contributed by atoms with Gasteiger partial charge in [0.25, 0.3) is 0 Å². The molecule has 0 aliphatic carbocycles. The van der Waals surface area contributed by atoms with E-state index in [1.54, 1.807) is 0 Å². The van der Waals surface area contributed by atoms with Gasteiger partial charge in [0.2, 0.25) is 0 Å². The van der Waals surface area contributed by atoms with Crippen LogP contribution in [0.3, 0.4) is 0 Å². The summed E-state index contributed by atoms with van der Waals surface area (Å²) < 4.78 is 12.3. The van der Waals surface area contributed by atoms with Crippen molar-refractivity contribution in [3.8, 4) is 5.75 Å². The van der Waals surface area contributed by atoms with Crippen LogP contribution in [0.15, 0.2) is 18.2 Å². The Morgan fingerprint density at radius 3 is 2.00 bits per heavy atom. The summed E-state index contributed by atoms with van der Waals surface area (Å²) in [5.74, 6) is -0.726. The summed E-state index contributed by atoms with van der Waals surface area (Å²) in [6, 6.07) is 4.55. The van der Waals surface area contributed by atoms with E-state index >= 15 is 0 Å². The van der Waals surface area contributed by atoms with Crippen molar-refractivity contribution in [1.82, 2.24) is 4.90 Å². The lowest BCUT2D eigenvalue weighted by Gasteiger charge is -2.24. The first kappa shape index (κ1) is 16.6. The maximum atomic E-state index is 12.3. The lowest BCUT2D eigenvalue weighted by molar-refractivity contribution is 0.112. The number of rotatable bonds is 3. The second-order valence-electron chi connectivity index (χ2n) is 4.67. The van der Waals surface area contributed by atoms with Crippen LogP contribution >= 0.6 is 0 Å². The van der Waals surface area contributed by atoms with Gasteiger partial charge in [0.05, 0.1) is 5.56 Å². The molecule has 0 fully saturated rings. The summed E-state index contributed by atoms with van der Waals surface area (Å²) in [6.07, 6.45) is 0.401. The van der Waals surface area contributed by atoms with Gasteiger partial charge in [-0.3, -0.25) is 4.79 Å². The lowest BCUT2D eigenvalue weighted by Crippen LogP contribution is -2.32. The molecule has 0 saturated heterocycles. The van der Waals surface area contributed by atoms with Crippen molar-refractivity contribution in [2.45, 2.75) is 39.8 Å². The molecule has 0 amide bonds. The van der Waals surface area contributed by atoms with Crippen molar-refractivity contribution in [1.29, 1.82) is 0 Å². The normalized spacial score (nSPS) is 10.5. The predicted molar refractivity (Wildman–Crippen MR) is 71.5 cm³/mol. The Morgan fingerprint density at radius 1 is 1.22 bits per heavy atom. The van der Waals surface area contributed by atoms with Gasteiger partial charge in [-0.25, -0.2) is 4.39 Å². The highest BCUT2D eigenvalue weighted by Gasteiger charge is 2.04. The Labute approximate surface area is 108 Å². The van der Waals surface area contributed by atoms with Gasteiger partial charge in [-0.1, -0.05) is 0 Å². The minimum absolute atomic E-state index is 0.0278. The molecule has 1 rings (SSSR count). The molecule has 1 aromatic rings. The molecule has 3 nitrogen and oxygen atoms in total. The van der Waals surface area contributed by atoms with Crippen LogP contribution in [0.4, 0.5) is 4.39 Å². The number of phenolic OH excluding ortho intramolecular Hbond substituents is 1. The zero-order chi connectivity index (χ0) is 14.3. The van der Waals surface area contributed by atoms with Gasteiger partial charge in [0.1, 0.15) is 11.6 Å². The summed E-state index contributed by atoms with van der Waals surface area (Å²) in [5, 5.41) is 8.84. The fourth-order valence-corrected chi connectivity index (χ4v) is 1.22. The van der Waals surface area contributed by atoms with Gasteiger partial charge in [0, 0.05) is 12.1 Å². The van der Waals surface area contributed by atoms with E-state index in [-0.39, 0.29) is 11.3 Å². The van der Waals surface area contributed by atoms with Crippen LogP contribution in [0, 0.1) is 5.82 Å². The summed E-state index contributed by atoms with van der Waals surface area (Å²) in [4.78, 5) is 12.4. The quantitative estimate of drug-likeness (QED) is 0.844. The van der Waals surface area contributed by atoms with E-state index < -0.39 is 5.82 Å². The summed E-state index contributed by atoms with van der Waals surface area (Å²) in [7, 11) is 2.15. The van der Waals surface area contributed by atoms with E-state index in [0.717, 1.165) is 18.2 Å². The third-order valence-corrected chi connectivity index (χ3v) is 2.75. The number of aromatic hydroxyl groups is 1. The zero-order valence-corrected chi connectivity index (χ0v) is 11.6. The van der Waals surface area contributed by atoms with Crippen molar-refractivity contribution in [2.24, 2.45) is 0 Å². The molecule has 1 N–H and O–H groups in total. The van der Waals surface area contributed by atoms with Gasteiger partial charge in [-0.05, 0) is 52.9 Å². The molecule has 0 aromatic heterocycles. The van der Waals surface area contributed by atoms with Crippen molar-refractivity contribution in [2.75, 3.05) is 7.05 Å². The highest BCUT2D eigenvalue weighted by atomic mass is 19.1. The minimum Gasteiger partial charge on any atom is -0.507 e. The average molecular weight is 255 g/mol. The number of phenols is 1. The maximum absolute atomic E-state index is 12.3. The van der Waals surface area contributed by atoms with E-state index in [0.29, 0.717) is 18.4 Å². The number of nitrogens with zero attached hydrogens (tertiary/aromatic N) is 1. The number of carbonyl (C=O) groups is 1. The molecule has 1 aromatic carbocycles. The summed E-state index contributed by atoms with van der Waals surface area (Å²) in [6.45, 7) is 8.83. The van der Waals surface area contributed by atoms with Gasteiger partial charge in [0.15, 0.2) is 6.29 Å². The Kier molecular flexibility index (Phi) is 7.20. The smallest absolute Gasteiger partial charge is 0.153 e. The number of carbonyl (C=O) groups excluding carboxylic acids is 1. The monoisotopic (exact) mass is 255 g/mol. The Hall–Kier alpha value is -1.42. The fourth-order valence-electron chi connectivity index (χ4n) is 1.22. The number of benzene rings is 1. The molecule has 18 heavy (non-hydrogen) atoms. The molecule has 0 spiro atoms. The lowest BCUT2D eigenvalue weighted by atomic mass is 10.2. The molecule has 0 heterocycles. The van der Waals surface area contributed by atoms with Crippen molar-refractivity contribution in [3.05, 3.63) is 29.6 Å². The summed E-state index contributed by atoms with van der Waals surface area (Å²) in [5.41, 5.74) is -0.0278. The van der Waals surface area contributed by atoms with Gasteiger partial charge >= 0.3 is 0 Å². The van der Waals surface area contributed by atoms with E-state index in [1.165, 1.54) is 0 Å². The standard InChI is InChI=1S/C7H5FO2.C7H17N/c8-6-1-2-7(10)5(3-6)4-9;1-6(2)8(5)7(3)4/h1-4,10H;6-7H,1-5H3. The van der Waals surface area contributed by atoms with Crippen molar-refractivity contribution >= 4 is 6.29 Å². The van der Waals surface area contributed by atoms with Crippen LogP contribution in [-0.4, -0.2) is 35.4 Å². The highest BCUT2D eigenvalue weighted by molar-refractivity contribution is 5.78. The predicted octanol–water partition coefficient (Wildman–Crippen LogP) is 3.08. The van der Waals surface area contributed by atoms with Crippen LogP contribution < -0.4 is 0 Å².